The van der Waals surface area contributed by atoms with E-state index >= 15 is 0 Å². The SMILES string of the molecule is CCc1nc(N2CCC(OC)CC2)sc1C=O. The Bertz CT molecular complexity index is 384. The summed E-state index contributed by atoms with van der Waals surface area (Å²) in [6, 6.07) is 0. The van der Waals surface area contributed by atoms with E-state index in [0.717, 1.165) is 54.3 Å². The maximum Gasteiger partial charge on any atom is 0.186 e. The monoisotopic (exact) mass is 254 g/mol. The number of nitrogens with zero attached hydrogens (tertiary/aromatic N) is 2. The Morgan fingerprint density at radius 1 is 1.53 bits per heavy atom. The van der Waals surface area contributed by atoms with E-state index in [2.05, 4.69) is 9.88 Å². The van der Waals surface area contributed by atoms with Gasteiger partial charge >= 0.3 is 0 Å². The van der Waals surface area contributed by atoms with Crippen molar-refractivity contribution >= 4 is 22.8 Å². The Hall–Kier alpha value is -0.940. The van der Waals surface area contributed by atoms with Crippen LogP contribution in [0.15, 0.2) is 0 Å². The molecule has 1 aliphatic rings. The van der Waals surface area contributed by atoms with Crippen molar-refractivity contribution in [3.63, 3.8) is 0 Å². The van der Waals surface area contributed by atoms with Crippen molar-refractivity contribution in [2.75, 3.05) is 25.1 Å². The van der Waals surface area contributed by atoms with E-state index in [1.165, 1.54) is 11.3 Å². The number of ether oxygens (including phenoxy) is 1. The van der Waals surface area contributed by atoms with E-state index in [9.17, 15) is 4.79 Å². The molecule has 0 aromatic carbocycles. The van der Waals surface area contributed by atoms with Crippen LogP contribution in [0.1, 0.15) is 35.1 Å². The van der Waals surface area contributed by atoms with Crippen LogP contribution in [-0.2, 0) is 11.2 Å². The first-order valence-electron chi connectivity index (χ1n) is 6.01. The molecule has 17 heavy (non-hydrogen) atoms. The van der Waals surface area contributed by atoms with Crippen molar-refractivity contribution in [1.29, 1.82) is 0 Å². The van der Waals surface area contributed by atoms with Crippen molar-refractivity contribution in [2.45, 2.75) is 32.3 Å². The standard InChI is InChI=1S/C12H18N2O2S/c1-3-10-11(8-15)17-12(13-10)14-6-4-9(16-2)5-7-14/h8-9H,3-7H2,1-2H3. The highest BCUT2D eigenvalue weighted by Crippen LogP contribution is 2.28. The molecule has 0 spiro atoms. The lowest BCUT2D eigenvalue weighted by Gasteiger charge is -2.30. The number of hydrogen-bond donors (Lipinski definition) is 0. The van der Waals surface area contributed by atoms with Gasteiger partial charge in [-0.1, -0.05) is 18.3 Å². The van der Waals surface area contributed by atoms with Crippen molar-refractivity contribution in [3.8, 4) is 0 Å². The Morgan fingerprint density at radius 2 is 2.24 bits per heavy atom. The van der Waals surface area contributed by atoms with Crippen LogP contribution in [0, 0.1) is 0 Å². The van der Waals surface area contributed by atoms with Gasteiger partial charge in [-0.05, 0) is 19.3 Å². The van der Waals surface area contributed by atoms with Gasteiger partial charge in [0.15, 0.2) is 11.4 Å². The van der Waals surface area contributed by atoms with E-state index in [1.54, 1.807) is 7.11 Å². The molecule has 5 heteroatoms. The first-order valence-corrected chi connectivity index (χ1v) is 6.82. The number of rotatable bonds is 4. The van der Waals surface area contributed by atoms with Gasteiger partial charge in [0.1, 0.15) is 0 Å². The average molecular weight is 254 g/mol. The molecule has 2 rings (SSSR count). The quantitative estimate of drug-likeness (QED) is 0.772. The third-order valence-corrected chi connectivity index (χ3v) is 4.29. The summed E-state index contributed by atoms with van der Waals surface area (Å²) in [7, 11) is 1.77. The van der Waals surface area contributed by atoms with Crippen molar-refractivity contribution in [2.24, 2.45) is 0 Å². The third kappa shape index (κ3) is 2.66. The van der Waals surface area contributed by atoms with Crippen LogP contribution in [-0.4, -0.2) is 37.6 Å². The number of carbonyl (C=O) groups is 1. The minimum atomic E-state index is 0.377. The fourth-order valence-electron chi connectivity index (χ4n) is 2.11. The van der Waals surface area contributed by atoms with Crippen LogP contribution in [0.5, 0.6) is 0 Å². The van der Waals surface area contributed by atoms with Gasteiger partial charge in [0.05, 0.1) is 16.7 Å². The molecule has 94 valence electrons. The van der Waals surface area contributed by atoms with E-state index in [0.29, 0.717) is 6.10 Å². The number of aldehydes is 1. The zero-order valence-corrected chi connectivity index (χ0v) is 11.1. The van der Waals surface area contributed by atoms with Crippen molar-refractivity contribution < 1.29 is 9.53 Å². The van der Waals surface area contributed by atoms with Gasteiger partial charge in [-0.25, -0.2) is 4.98 Å². The summed E-state index contributed by atoms with van der Waals surface area (Å²) in [4.78, 5) is 18.5. The molecule has 2 heterocycles. The molecule has 0 N–H and O–H groups in total. The van der Waals surface area contributed by atoms with Gasteiger partial charge in [0, 0.05) is 20.2 Å². The summed E-state index contributed by atoms with van der Waals surface area (Å²) in [5.74, 6) is 0. The highest BCUT2D eigenvalue weighted by Gasteiger charge is 2.22. The summed E-state index contributed by atoms with van der Waals surface area (Å²) in [5.41, 5.74) is 0.925. The van der Waals surface area contributed by atoms with Gasteiger partial charge < -0.3 is 9.64 Å². The summed E-state index contributed by atoms with van der Waals surface area (Å²) in [6.45, 7) is 3.96. The Kier molecular flexibility index (Phi) is 4.12. The maximum absolute atomic E-state index is 10.9. The van der Waals surface area contributed by atoms with Gasteiger partial charge in [0.2, 0.25) is 0 Å². The number of piperidine rings is 1. The fraction of sp³-hybridized carbons (Fsp3) is 0.667. The van der Waals surface area contributed by atoms with Crippen LogP contribution in [0.4, 0.5) is 5.13 Å². The Balaban J connectivity index is 2.08. The molecule has 0 amide bonds. The topological polar surface area (TPSA) is 42.4 Å². The molecule has 1 aromatic heterocycles. The Labute approximate surface area is 106 Å². The van der Waals surface area contributed by atoms with Crippen LogP contribution < -0.4 is 4.90 Å². The summed E-state index contributed by atoms with van der Waals surface area (Å²) < 4.78 is 5.35. The second kappa shape index (κ2) is 5.60. The van der Waals surface area contributed by atoms with Crippen LogP contribution >= 0.6 is 11.3 Å². The molecule has 0 unspecified atom stereocenters. The lowest BCUT2D eigenvalue weighted by atomic mass is 10.1. The normalized spacial score (nSPS) is 17.4. The average Bonchev–Trinajstić information content (AvgIpc) is 2.82. The van der Waals surface area contributed by atoms with E-state index in [1.807, 2.05) is 6.92 Å². The second-order valence-corrected chi connectivity index (χ2v) is 5.21. The van der Waals surface area contributed by atoms with Crippen LogP contribution in [0.2, 0.25) is 0 Å². The molecule has 1 saturated heterocycles. The number of methoxy groups -OCH3 is 1. The number of aryl methyl sites for hydroxylation is 1. The smallest absolute Gasteiger partial charge is 0.186 e. The van der Waals surface area contributed by atoms with Gasteiger partial charge in [-0.2, -0.15) is 0 Å². The highest BCUT2D eigenvalue weighted by molar-refractivity contribution is 7.17. The predicted molar refractivity (Wildman–Crippen MR) is 69.1 cm³/mol. The number of aromatic nitrogens is 1. The van der Waals surface area contributed by atoms with Crippen molar-refractivity contribution in [3.05, 3.63) is 10.6 Å². The first-order chi connectivity index (χ1) is 8.28. The number of carbonyl (C=O) groups excluding carboxylic acids is 1. The lowest BCUT2D eigenvalue weighted by molar-refractivity contribution is 0.0819. The minimum Gasteiger partial charge on any atom is -0.381 e. The molecule has 1 fully saturated rings. The fourth-order valence-corrected chi connectivity index (χ4v) is 3.13. The third-order valence-electron chi connectivity index (χ3n) is 3.20. The van der Waals surface area contributed by atoms with E-state index < -0.39 is 0 Å². The predicted octanol–water partition coefficient (Wildman–Crippen LogP) is 2.13. The van der Waals surface area contributed by atoms with Gasteiger partial charge in [0.25, 0.3) is 0 Å². The Morgan fingerprint density at radius 3 is 2.71 bits per heavy atom. The highest BCUT2D eigenvalue weighted by atomic mass is 32.1. The summed E-state index contributed by atoms with van der Waals surface area (Å²) in [6.07, 6.45) is 4.19. The number of anilines is 1. The summed E-state index contributed by atoms with van der Waals surface area (Å²) in [5, 5.41) is 0.985. The molecule has 0 bridgehead atoms. The largest absolute Gasteiger partial charge is 0.381 e. The van der Waals surface area contributed by atoms with Crippen molar-refractivity contribution in [1.82, 2.24) is 4.98 Å². The molecular weight excluding hydrogens is 236 g/mol. The van der Waals surface area contributed by atoms with E-state index in [4.69, 9.17) is 4.74 Å². The zero-order chi connectivity index (χ0) is 12.3. The number of hydrogen-bond acceptors (Lipinski definition) is 5. The molecule has 0 aliphatic carbocycles. The zero-order valence-electron chi connectivity index (χ0n) is 10.3. The van der Waals surface area contributed by atoms with Crippen LogP contribution in [0.25, 0.3) is 0 Å². The molecule has 1 aliphatic heterocycles. The molecule has 4 nitrogen and oxygen atoms in total. The molecule has 0 radical (unpaired) electrons. The molecule has 0 saturated carbocycles. The minimum absolute atomic E-state index is 0.377. The first kappa shape index (κ1) is 12.5. The molecule has 0 atom stereocenters. The van der Waals surface area contributed by atoms with E-state index in [-0.39, 0.29) is 0 Å². The van der Waals surface area contributed by atoms with Gasteiger partial charge in [-0.3, -0.25) is 4.79 Å². The lowest BCUT2D eigenvalue weighted by Crippen LogP contribution is -2.36. The number of thiazole rings is 1. The second-order valence-electron chi connectivity index (χ2n) is 4.20. The maximum atomic E-state index is 10.9. The molecule has 1 aromatic rings. The molecular formula is C12H18N2O2S. The van der Waals surface area contributed by atoms with Crippen LogP contribution in [0.3, 0.4) is 0 Å². The summed E-state index contributed by atoms with van der Waals surface area (Å²) >= 11 is 1.51. The van der Waals surface area contributed by atoms with Gasteiger partial charge in [-0.15, -0.1) is 0 Å².